The topological polar surface area (TPSA) is 55.4 Å². The van der Waals surface area contributed by atoms with Crippen molar-refractivity contribution in [3.8, 4) is 0 Å². The Balaban J connectivity index is 2.05. The average Bonchev–Trinajstić information content (AvgIpc) is 2.57. The van der Waals surface area contributed by atoms with Crippen LogP contribution in [-0.2, 0) is 16.1 Å². The summed E-state index contributed by atoms with van der Waals surface area (Å²) in [5.41, 5.74) is 2.92. The molecule has 0 aromatic heterocycles. The highest BCUT2D eigenvalue weighted by Crippen LogP contribution is 2.18. The number of carbonyl (C=O) groups excluding carboxylic acids is 2. The van der Waals surface area contributed by atoms with Crippen molar-refractivity contribution in [3.63, 3.8) is 0 Å². The van der Waals surface area contributed by atoms with Crippen molar-refractivity contribution >= 4 is 33.9 Å². The molecular formula is C22H24BrNO3. The van der Waals surface area contributed by atoms with Crippen molar-refractivity contribution in [1.82, 2.24) is 5.32 Å². The van der Waals surface area contributed by atoms with Crippen molar-refractivity contribution < 1.29 is 14.3 Å². The summed E-state index contributed by atoms with van der Waals surface area (Å²) in [4.78, 5) is 24.3. The molecule has 0 aliphatic heterocycles. The Kier molecular flexibility index (Phi) is 6.97. The molecule has 0 spiro atoms. The largest absolute Gasteiger partial charge is 0.457 e. The summed E-state index contributed by atoms with van der Waals surface area (Å²) >= 11 is 3.41. The Labute approximate surface area is 168 Å². The number of esters is 1. The average molecular weight is 430 g/mol. The van der Waals surface area contributed by atoms with E-state index in [2.05, 4.69) is 21.2 Å². The molecule has 0 bridgehead atoms. The standard InChI is InChI=1S/C22H24BrNO3/c1-15-5-7-16(8-6-15)14-24-21(26)18-11-17(12-19(23)13-18)9-10-20(25)27-22(2,3)4/h5-13H,14H2,1-4H3,(H,24,26)/b10-9+. The predicted octanol–water partition coefficient (Wildman–Crippen LogP) is 5.04. The van der Waals surface area contributed by atoms with E-state index in [4.69, 9.17) is 4.74 Å². The van der Waals surface area contributed by atoms with Crippen molar-refractivity contribution in [1.29, 1.82) is 0 Å². The van der Waals surface area contributed by atoms with E-state index in [0.717, 1.165) is 15.6 Å². The fourth-order valence-electron chi connectivity index (χ4n) is 2.33. The van der Waals surface area contributed by atoms with Crippen molar-refractivity contribution in [3.05, 3.63) is 75.3 Å². The van der Waals surface area contributed by atoms with E-state index in [1.807, 2.05) is 58.0 Å². The normalized spacial score (nSPS) is 11.4. The smallest absolute Gasteiger partial charge is 0.331 e. The summed E-state index contributed by atoms with van der Waals surface area (Å²) in [5, 5.41) is 2.91. The van der Waals surface area contributed by atoms with Crippen LogP contribution in [0.4, 0.5) is 0 Å². The second-order valence-corrected chi connectivity index (χ2v) is 8.22. The van der Waals surface area contributed by atoms with Crippen LogP contribution in [-0.4, -0.2) is 17.5 Å². The highest BCUT2D eigenvalue weighted by molar-refractivity contribution is 9.10. The molecule has 0 fully saturated rings. The number of carbonyl (C=O) groups is 2. The zero-order valence-electron chi connectivity index (χ0n) is 16.0. The van der Waals surface area contributed by atoms with Crippen LogP contribution < -0.4 is 5.32 Å². The molecule has 0 saturated carbocycles. The number of amides is 1. The Morgan fingerprint density at radius 1 is 1.11 bits per heavy atom. The first-order valence-corrected chi connectivity index (χ1v) is 9.47. The Hall–Kier alpha value is -2.40. The Morgan fingerprint density at radius 2 is 1.78 bits per heavy atom. The molecule has 2 aromatic rings. The van der Waals surface area contributed by atoms with Crippen LogP contribution in [0.1, 0.15) is 47.8 Å². The van der Waals surface area contributed by atoms with Gasteiger partial charge in [0.15, 0.2) is 0 Å². The molecule has 1 N–H and O–H groups in total. The zero-order valence-corrected chi connectivity index (χ0v) is 17.6. The molecule has 1 amide bonds. The first-order valence-electron chi connectivity index (χ1n) is 8.68. The number of halogens is 1. The van der Waals surface area contributed by atoms with Gasteiger partial charge in [0, 0.05) is 22.7 Å². The molecule has 0 saturated heterocycles. The van der Waals surface area contributed by atoms with Gasteiger partial charge in [0.25, 0.3) is 5.91 Å². The van der Waals surface area contributed by atoms with Gasteiger partial charge in [-0.2, -0.15) is 0 Å². The number of ether oxygens (including phenoxy) is 1. The first kappa shape index (κ1) is 20.9. The maximum atomic E-state index is 12.5. The van der Waals surface area contributed by atoms with Gasteiger partial charge in [-0.15, -0.1) is 0 Å². The summed E-state index contributed by atoms with van der Waals surface area (Å²) in [6.45, 7) is 7.92. The number of rotatable bonds is 5. The summed E-state index contributed by atoms with van der Waals surface area (Å²) in [5.74, 6) is -0.600. The maximum absolute atomic E-state index is 12.5. The van der Waals surface area contributed by atoms with Crippen molar-refractivity contribution in [2.75, 3.05) is 0 Å². The lowest BCUT2D eigenvalue weighted by Gasteiger charge is -2.17. The minimum Gasteiger partial charge on any atom is -0.457 e. The van der Waals surface area contributed by atoms with Crippen LogP contribution in [0.2, 0.25) is 0 Å². The molecule has 5 heteroatoms. The number of hydrogen-bond acceptors (Lipinski definition) is 3. The fraction of sp³-hybridized carbons (Fsp3) is 0.273. The van der Waals surface area contributed by atoms with Crippen LogP contribution in [0.3, 0.4) is 0 Å². The minimum atomic E-state index is -0.542. The van der Waals surface area contributed by atoms with E-state index in [1.54, 1.807) is 18.2 Å². The van der Waals surface area contributed by atoms with Gasteiger partial charge in [-0.25, -0.2) is 4.79 Å². The lowest BCUT2D eigenvalue weighted by Crippen LogP contribution is -2.23. The third kappa shape index (κ3) is 7.39. The highest BCUT2D eigenvalue weighted by atomic mass is 79.9. The number of benzene rings is 2. The van der Waals surface area contributed by atoms with Gasteiger partial charge in [0.1, 0.15) is 5.60 Å². The van der Waals surface area contributed by atoms with Gasteiger partial charge >= 0.3 is 5.97 Å². The molecular weight excluding hydrogens is 406 g/mol. The summed E-state index contributed by atoms with van der Waals surface area (Å²) in [6, 6.07) is 13.3. The quantitative estimate of drug-likeness (QED) is 0.534. The molecule has 0 heterocycles. The fourth-order valence-corrected chi connectivity index (χ4v) is 2.84. The lowest BCUT2D eigenvalue weighted by molar-refractivity contribution is -0.148. The first-order chi connectivity index (χ1) is 12.6. The highest BCUT2D eigenvalue weighted by Gasteiger charge is 2.14. The number of aryl methyl sites for hydroxylation is 1. The van der Waals surface area contributed by atoms with E-state index in [9.17, 15) is 9.59 Å². The molecule has 142 valence electrons. The summed E-state index contributed by atoms with van der Waals surface area (Å²) < 4.78 is 6.01. The van der Waals surface area contributed by atoms with E-state index in [-0.39, 0.29) is 5.91 Å². The van der Waals surface area contributed by atoms with Gasteiger partial charge in [-0.05, 0) is 63.1 Å². The van der Waals surface area contributed by atoms with Crippen LogP contribution in [0, 0.1) is 6.92 Å². The molecule has 2 rings (SSSR count). The van der Waals surface area contributed by atoms with Gasteiger partial charge in [0.2, 0.25) is 0 Å². The second-order valence-electron chi connectivity index (χ2n) is 7.31. The third-order valence-electron chi connectivity index (χ3n) is 3.57. The van der Waals surface area contributed by atoms with Gasteiger partial charge in [0.05, 0.1) is 0 Å². The van der Waals surface area contributed by atoms with Crippen LogP contribution in [0.25, 0.3) is 6.08 Å². The second kappa shape index (κ2) is 9.00. The Morgan fingerprint density at radius 3 is 2.41 bits per heavy atom. The SMILES string of the molecule is Cc1ccc(CNC(=O)c2cc(Br)cc(/C=C/C(=O)OC(C)(C)C)c2)cc1. The molecule has 0 aliphatic rings. The monoisotopic (exact) mass is 429 g/mol. The van der Waals surface area contributed by atoms with E-state index in [1.165, 1.54) is 11.6 Å². The molecule has 0 aliphatic carbocycles. The zero-order chi connectivity index (χ0) is 20.0. The van der Waals surface area contributed by atoms with E-state index < -0.39 is 11.6 Å². The predicted molar refractivity (Wildman–Crippen MR) is 111 cm³/mol. The molecule has 2 aromatic carbocycles. The molecule has 0 unspecified atom stereocenters. The molecule has 0 radical (unpaired) electrons. The van der Waals surface area contributed by atoms with Gasteiger partial charge in [-0.1, -0.05) is 45.8 Å². The van der Waals surface area contributed by atoms with E-state index >= 15 is 0 Å². The summed E-state index contributed by atoms with van der Waals surface area (Å²) in [7, 11) is 0. The molecule has 0 atom stereocenters. The summed E-state index contributed by atoms with van der Waals surface area (Å²) in [6.07, 6.45) is 3.00. The van der Waals surface area contributed by atoms with Crippen molar-refractivity contribution in [2.45, 2.75) is 39.8 Å². The van der Waals surface area contributed by atoms with Crippen LogP contribution in [0.5, 0.6) is 0 Å². The van der Waals surface area contributed by atoms with Gasteiger partial charge < -0.3 is 10.1 Å². The van der Waals surface area contributed by atoms with E-state index in [0.29, 0.717) is 12.1 Å². The maximum Gasteiger partial charge on any atom is 0.331 e. The van der Waals surface area contributed by atoms with Crippen molar-refractivity contribution in [2.24, 2.45) is 0 Å². The number of hydrogen-bond donors (Lipinski definition) is 1. The molecule has 4 nitrogen and oxygen atoms in total. The lowest BCUT2D eigenvalue weighted by atomic mass is 10.1. The minimum absolute atomic E-state index is 0.177. The Bertz CT molecular complexity index is 849. The third-order valence-corrected chi connectivity index (χ3v) is 4.03. The van der Waals surface area contributed by atoms with Crippen LogP contribution >= 0.6 is 15.9 Å². The molecule has 27 heavy (non-hydrogen) atoms. The number of nitrogens with one attached hydrogen (secondary N) is 1. The van der Waals surface area contributed by atoms with Crippen LogP contribution in [0.15, 0.2) is 53.0 Å². The van der Waals surface area contributed by atoms with Gasteiger partial charge in [-0.3, -0.25) is 4.79 Å².